The molecule has 0 radical (unpaired) electrons. The monoisotopic (exact) mass is 349 g/mol. The average molecular weight is 349 g/mol. The summed E-state index contributed by atoms with van der Waals surface area (Å²) in [5.41, 5.74) is 0.945. The van der Waals surface area contributed by atoms with E-state index in [0.717, 1.165) is 22.1 Å². The Bertz CT molecular complexity index is 891. The zero-order valence-corrected chi connectivity index (χ0v) is 15.1. The molecule has 0 aliphatic carbocycles. The second-order valence-electron chi connectivity index (χ2n) is 6.03. The fourth-order valence-corrected chi connectivity index (χ4v) is 2.77. The summed E-state index contributed by atoms with van der Waals surface area (Å²) in [6.07, 6.45) is -0.588. The van der Waals surface area contributed by atoms with Gasteiger partial charge in [0.15, 0.2) is 6.10 Å². The molecule has 3 rings (SSSR count). The number of rotatable bonds is 7. The standard InChI is InChI=1S/C22H23NO3/c1-3-25-21-11-7-6-10-19(21)15-23-22(24)16(2)26-20-13-12-17-8-4-5-9-18(17)14-20/h4-14,16H,3,15H2,1-2H3,(H,23,24)/t16-/m0/s1. The van der Waals surface area contributed by atoms with Gasteiger partial charge >= 0.3 is 0 Å². The molecule has 0 fully saturated rings. The SMILES string of the molecule is CCOc1ccccc1CNC(=O)[C@H](C)Oc1ccc2ccccc2c1. The maximum atomic E-state index is 12.4. The molecule has 0 aliphatic rings. The fourth-order valence-electron chi connectivity index (χ4n) is 2.77. The van der Waals surface area contributed by atoms with Gasteiger partial charge in [0.05, 0.1) is 6.61 Å². The number of benzene rings is 3. The summed E-state index contributed by atoms with van der Waals surface area (Å²) < 4.78 is 11.4. The van der Waals surface area contributed by atoms with Crippen molar-refractivity contribution >= 4 is 16.7 Å². The van der Waals surface area contributed by atoms with E-state index in [9.17, 15) is 4.79 Å². The number of amides is 1. The van der Waals surface area contributed by atoms with E-state index in [1.165, 1.54) is 0 Å². The van der Waals surface area contributed by atoms with Crippen molar-refractivity contribution in [3.8, 4) is 11.5 Å². The maximum absolute atomic E-state index is 12.4. The van der Waals surface area contributed by atoms with Crippen LogP contribution in [-0.4, -0.2) is 18.6 Å². The summed E-state index contributed by atoms with van der Waals surface area (Å²) in [4.78, 5) is 12.4. The Morgan fingerprint density at radius 3 is 2.54 bits per heavy atom. The van der Waals surface area contributed by atoms with Gasteiger partial charge in [0.1, 0.15) is 11.5 Å². The Labute approximate surface area is 153 Å². The van der Waals surface area contributed by atoms with E-state index in [1.54, 1.807) is 6.92 Å². The van der Waals surface area contributed by atoms with Crippen molar-refractivity contribution in [3.05, 3.63) is 72.3 Å². The van der Waals surface area contributed by atoms with Gasteiger partial charge in [-0.15, -0.1) is 0 Å². The van der Waals surface area contributed by atoms with Gasteiger partial charge in [-0.1, -0.05) is 48.5 Å². The summed E-state index contributed by atoms with van der Waals surface area (Å²) in [7, 11) is 0. The quantitative estimate of drug-likeness (QED) is 0.691. The highest BCUT2D eigenvalue weighted by atomic mass is 16.5. The zero-order valence-electron chi connectivity index (χ0n) is 15.1. The minimum absolute atomic E-state index is 0.163. The van der Waals surface area contributed by atoms with Crippen LogP contribution in [0.4, 0.5) is 0 Å². The third-order valence-corrected chi connectivity index (χ3v) is 4.13. The largest absolute Gasteiger partial charge is 0.494 e. The van der Waals surface area contributed by atoms with E-state index in [0.29, 0.717) is 18.9 Å². The van der Waals surface area contributed by atoms with Crippen molar-refractivity contribution in [1.82, 2.24) is 5.32 Å². The van der Waals surface area contributed by atoms with Crippen LogP contribution in [0.1, 0.15) is 19.4 Å². The predicted molar refractivity (Wildman–Crippen MR) is 103 cm³/mol. The van der Waals surface area contributed by atoms with Crippen molar-refractivity contribution in [3.63, 3.8) is 0 Å². The first kappa shape index (κ1) is 17.8. The molecular formula is C22H23NO3. The molecule has 0 unspecified atom stereocenters. The lowest BCUT2D eigenvalue weighted by atomic mass is 10.1. The molecule has 134 valence electrons. The van der Waals surface area contributed by atoms with Gasteiger partial charge in [0.25, 0.3) is 5.91 Å². The first-order valence-electron chi connectivity index (χ1n) is 8.81. The molecule has 3 aromatic rings. The average Bonchev–Trinajstić information content (AvgIpc) is 2.67. The number of para-hydroxylation sites is 1. The molecule has 3 aromatic carbocycles. The van der Waals surface area contributed by atoms with Crippen LogP contribution in [0.25, 0.3) is 10.8 Å². The molecule has 0 saturated heterocycles. The van der Waals surface area contributed by atoms with Gasteiger partial charge < -0.3 is 14.8 Å². The van der Waals surface area contributed by atoms with Gasteiger partial charge in [-0.05, 0) is 42.8 Å². The van der Waals surface area contributed by atoms with E-state index in [4.69, 9.17) is 9.47 Å². The lowest BCUT2D eigenvalue weighted by Gasteiger charge is -2.16. The van der Waals surface area contributed by atoms with Crippen LogP contribution in [0.3, 0.4) is 0 Å². The summed E-state index contributed by atoms with van der Waals surface area (Å²) in [5.74, 6) is 1.31. The third kappa shape index (κ3) is 4.33. The number of nitrogens with one attached hydrogen (secondary N) is 1. The molecule has 0 aliphatic heterocycles. The van der Waals surface area contributed by atoms with Crippen LogP contribution in [0.5, 0.6) is 11.5 Å². The van der Waals surface area contributed by atoms with Crippen LogP contribution < -0.4 is 14.8 Å². The lowest BCUT2D eigenvalue weighted by molar-refractivity contribution is -0.127. The summed E-state index contributed by atoms with van der Waals surface area (Å²) >= 11 is 0. The Morgan fingerprint density at radius 2 is 1.73 bits per heavy atom. The molecule has 1 N–H and O–H groups in total. The Balaban J connectivity index is 1.60. The zero-order chi connectivity index (χ0) is 18.4. The lowest BCUT2D eigenvalue weighted by Crippen LogP contribution is -2.36. The minimum Gasteiger partial charge on any atom is -0.494 e. The van der Waals surface area contributed by atoms with Gasteiger partial charge in [-0.2, -0.15) is 0 Å². The van der Waals surface area contributed by atoms with Crippen molar-refractivity contribution < 1.29 is 14.3 Å². The molecule has 1 amide bonds. The molecule has 0 aromatic heterocycles. The molecule has 0 saturated carbocycles. The van der Waals surface area contributed by atoms with E-state index in [-0.39, 0.29) is 5.91 Å². The number of carbonyl (C=O) groups excluding carboxylic acids is 1. The molecule has 4 nitrogen and oxygen atoms in total. The smallest absolute Gasteiger partial charge is 0.261 e. The molecule has 0 bridgehead atoms. The minimum atomic E-state index is -0.588. The number of fused-ring (bicyclic) bond motifs is 1. The van der Waals surface area contributed by atoms with Crippen LogP contribution in [-0.2, 0) is 11.3 Å². The second kappa shape index (κ2) is 8.39. The van der Waals surface area contributed by atoms with Crippen molar-refractivity contribution in [2.75, 3.05) is 6.61 Å². The Hall–Kier alpha value is -3.01. The molecule has 1 atom stereocenters. The normalized spacial score (nSPS) is 11.8. The van der Waals surface area contributed by atoms with E-state index in [2.05, 4.69) is 5.32 Å². The summed E-state index contributed by atoms with van der Waals surface area (Å²) in [5, 5.41) is 5.14. The van der Waals surface area contributed by atoms with E-state index >= 15 is 0 Å². The van der Waals surface area contributed by atoms with E-state index in [1.807, 2.05) is 73.7 Å². The van der Waals surface area contributed by atoms with Gasteiger partial charge in [-0.25, -0.2) is 0 Å². The first-order valence-corrected chi connectivity index (χ1v) is 8.81. The van der Waals surface area contributed by atoms with Crippen molar-refractivity contribution in [2.45, 2.75) is 26.5 Å². The molecule has 4 heteroatoms. The highest BCUT2D eigenvalue weighted by Gasteiger charge is 2.15. The van der Waals surface area contributed by atoms with Gasteiger partial charge in [-0.3, -0.25) is 4.79 Å². The maximum Gasteiger partial charge on any atom is 0.261 e. The summed E-state index contributed by atoms with van der Waals surface area (Å²) in [6, 6.07) is 21.6. The Morgan fingerprint density at radius 1 is 1.00 bits per heavy atom. The number of carbonyl (C=O) groups is 1. The van der Waals surface area contributed by atoms with E-state index < -0.39 is 6.10 Å². The van der Waals surface area contributed by atoms with Crippen LogP contribution in [0, 0.1) is 0 Å². The van der Waals surface area contributed by atoms with Crippen LogP contribution in [0.2, 0.25) is 0 Å². The highest BCUT2D eigenvalue weighted by molar-refractivity contribution is 5.84. The first-order chi connectivity index (χ1) is 12.7. The van der Waals surface area contributed by atoms with Crippen molar-refractivity contribution in [1.29, 1.82) is 0 Å². The molecule has 26 heavy (non-hydrogen) atoms. The number of ether oxygens (including phenoxy) is 2. The van der Waals surface area contributed by atoms with Crippen LogP contribution >= 0.6 is 0 Å². The van der Waals surface area contributed by atoms with Gasteiger partial charge in [0, 0.05) is 12.1 Å². The van der Waals surface area contributed by atoms with Gasteiger partial charge in [0.2, 0.25) is 0 Å². The molecule has 0 spiro atoms. The van der Waals surface area contributed by atoms with Crippen LogP contribution in [0.15, 0.2) is 66.7 Å². The molecular weight excluding hydrogens is 326 g/mol. The highest BCUT2D eigenvalue weighted by Crippen LogP contribution is 2.22. The second-order valence-corrected chi connectivity index (χ2v) is 6.03. The summed E-state index contributed by atoms with van der Waals surface area (Å²) in [6.45, 7) is 4.68. The predicted octanol–water partition coefficient (Wildman–Crippen LogP) is 4.32. The third-order valence-electron chi connectivity index (χ3n) is 4.13. The fraction of sp³-hybridized carbons (Fsp3) is 0.227. The Kier molecular flexibility index (Phi) is 5.74. The number of hydrogen-bond donors (Lipinski definition) is 1. The molecule has 0 heterocycles. The van der Waals surface area contributed by atoms with Crippen molar-refractivity contribution in [2.24, 2.45) is 0 Å². The topological polar surface area (TPSA) is 47.6 Å². The number of hydrogen-bond acceptors (Lipinski definition) is 3.